The van der Waals surface area contributed by atoms with Crippen molar-refractivity contribution in [3.05, 3.63) is 141 Å². The third kappa shape index (κ3) is 25.3. The zero-order chi connectivity index (χ0) is 71.0. The number of benzene rings is 3. The lowest BCUT2D eigenvalue weighted by molar-refractivity contribution is -0.141. The molecule has 0 bridgehead atoms. The summed E-state index contributed by atoms with van der Waals surface area (Å²) in [6, 6.07) is 19.1. The first-order valence-electron chi connectivity index (χ1n) is 28.4. The third-order valence-corrected chi connectivity index (χ3v) is 22.9. The number of ketones is 2. The van der Waals surface area contributed by atoms with Crippen LogP contribution >= 0.6 is 35.3 Å². The number of nitrogens with zero attached hydrogens (tertiary/aromatic N) is 9. The van der Waals surface area contributed by atoms with E-state index in [0.29, 0.717) is 0 Å². The van der Waals surface area contributed by atoms with Gasteiger partial charge in [-0.15, -0.1) is 35.3 Å². The normalized spacial score (nSPS) is 13.7. The number of carboxylic acid groups (broad SMARTS) is 2. The maximum absolute atomic E-state index is 13.1. The first-order valence-corrected chi connectivity index (χ1v) is 36.5. The van der Waals surface area contributed by atoms with Gasteiger partial charge in [0.2, 0.25) is 23.6 Å². The van der Waals surface area contributed by atoms with E-state index < -0.39 is 152 Å². The molecule has 0 spiro atoms. The molecule has 4 amide bonds. The van der Waals surface area contributed by atoms with Gasteiger partial charge >= 0.3 is 29.0 Å². The number of Topliss-reactive ketones (excluding diaryl/α,β-unsaturated/α-hetero) is 2. The van der Waals surface area contributed by atoms with Gasteiger partial charge in [0.1, 0.15) is 53.0 Å². The molecule has 4 unspecified atom stereocenters. The molecular formula is C56H74N14O19S6. The van der Waals surface area contributed by atoms with Crippen molar-refractivity contribution >= 4 is 112 Å². The minimum Gasteiger partial charge on any atom is -0.481 e. The van der Waals surface area contributed by atoms with Crippen LogP contribution in [0.5, 0.6) is 0 Å². The summed E-state index contributed by atoms with van der Waals surface area (Å²) in [5.74, 6) is -6.90. The van der Waals surface area contributed by atoms with Crippen LogP contribution in [0, 0.1) is 0 Å². The van der Waals surface area contributed by atoms with Crippen molar-refractivity contribution in [2.75, 3.05) is 34.5 Å². The van der Waals surface area contributed by atoms with Crippen molar-refractivity contribution in [2.24, 2.45) is 32.6 Å². The number of carbonyl (C=O) groups excluding carboxylic acids is 6. The summed E-state index contributed by atoms with van der Waals surface area (Å²) in [5.41, 5.74) is 9.38. The van der Waals surface area contributed by atoms with Crippen LogP contribution in [0.25, 0.3) is 0 Å². The fourth-order valence-electron chi connectivity index (χ4n) is 8.13. The fraction of sp³-hybridized carbons (Fsp3) is 0.429. The molecule has 3 aromatic carbocycles. The van der Waals surface area contributed by atoms with E-state index in [0.717, 1.165) is 53.9 Å². The number of hydrogen-bond donors (Lipinski definition) is 7. The van der Waals surface area contributed by atoms with Gasteiger partial charge in [-0.1, -0.05) is 54.6 Å². The van der Waals surface area contributed by atoms with Crippen molar-refractivity contribution < 1.29 is 73.8 Å². The van der Waals surface area contributed by atoms with Gasteiger partial charge in [0.05, 0.1) is 50.4 Å². The van der Waals surface area contributed by atoms with Crippen LogP contribution in [0.1, 0.15) is 69.0 Å². The number of thioether (sulfide) groups is 3. The lowest BCUT2D eigenvalue weighted by atomic mass is 10.1. The Balaban J connectivity index is 0.000000308. The Bertz CT molecular complexity index is 4160. The molecule has 33 nitrogen and oxygen atoms in total. The molecule has 9 N–H and O–H groups in total. The summed E-state index contributed by atoms with van der Waals surface area (Å²) < 4.78 is 83.9. The second-order valence-corrected chi connectivity index (χ2v) is 30.7. The Morgan fingerprint density at radius 1 is 0.505 bits per heavy atom. The average Bonchev–Trinajstić information content (AvgIpc) is 1.81. The van der Waals surface area contributed by atoms with E-state index in [4.69, 9.17) is 16.6 Å². The van der Waals surface area contributed by atoms with Crippen molar-refractivity contribution in [3.8, 4) is 0 Å². The number of primary amides is 1. The number of rotatable bonds is 35. The molecule has 0 saturated carbocycles. The van der Waals surface area contributed by atoms with E-state index in [1.54, 1.807) is 54.6 Å². The first kappa shape index (κ1) is 78.9. The highest BCUT2D eigenvalue weighted by Gasteiger charge is 2.32. The molecule has 3 heterocycles. The predicted molar refractivity (Wildman–Crippen MR) is 351 cm³/mol. The second kappa shape index (κ2) is 37.0. The molecule has 0 aliphatic rings. The zero-order valence-corrected chi connectivity index (χ0v) is 57.1. The first-order chi connectivity index (χ1) is 44.5. The smallest absolute Gasteiger partial charge is 0.346 e. The fourth-order valence-corrected chi connectivity index (χ4v) is 17.6. The van der Waals surface area contributed by atoms with E-state index in [-0.39, 0.29) is 63.4 Å². The number of hydrogen-bond acceptors (Lipinski definition) is 24. The third-order valence-electron chi connectivity index (χ3n) is 13.3. The Morgan fingerprint density at radius 3 is 1.18 bits per heavy atom. The van der Waals surface area contributed by atoms with Gasteiger partial charge in [0.15, 0.2) is 35.3 Å². The summed E-state index contributed by atoms with van der Waals surface area (Å²) in [6.45, 7) is 3.74. The molecule has 0 saturated heterocycles. The summed E-state index contributed by atoms with van der Waals surface area (Å²) in [7, 11) is -6.90. The summed E-state index contributed by atoms with van der Waals surface area (Å²) >= 11 is 3.00. The maximum atomic E-state index is 13.1. The molecule has 0 radical (unpaired) electrons. The highest BCUT2D eigenvalue weighted by molar-refractivity contribution is 8.01. The Morgan fingerprint density at radius 2 is 0.863 bits per heavy atom. The van der Waals surface area contributed by atoms with E-state index >= 15 is 0 Å². The highest BCUT2D eigenvalue weighted by Crippen LogP contribution is 2.30. The Hall–Kier alpha value is -8.50. The van der Waals surface area contributed by atoms with Gasteiger partial charge in [-0.3, -0.25) is 47.3 Å². The highest BCUT2D eigenvalue weighted by atomic mass is 32.2. The number of carboxylic acids is 2. The van der Waals surface area contributed by atoms with Gasteiger partial charge in [-0.25, -0.2) is 44.4 Å². The monoisotopic (exact) mass is 1440 g/mol. The van der Waals surface area contributed by atoms with Crippen molar-refractivity contribution in [1.82, 2.24) is 59.0 Å². The van der Waals surface area contributed by atoms with Crippen molar-refractivity contribution in [1.29, 1.82) is 0 Å². The van der Waals surface area contributed by atoms with Gasteiger partial charge in [0.25, 0.3) is 0 Å². The number of aliphatic carboxylic acids is 2. The Labute approximate surface area is 557 Å². The standard InChI is InChI=1S/C23H31N5O8S2.C17H22N4O6S2.C16H21N5O5S2/c1-15(29)17(24)8-10-20(31)26-18(19(30)9-11-22(32)33)12-37-21(28-23(34)27(2)14-25-28)13-38(35,36)16-6-4-3-5-7-16;1-12(22)19-14(16(23)24)8-9-28-15(21-17(25)20(2)11-18-21)10-29(26,27)13-6-4-3-5-7-13;1-11(22)19-13(15(17)23)8-27-14(21-16(24)20(2)10-18-21)9-28(25,26)12-6-4-3-5-7-12/h3-7,14,17-18,21H,8-13,24H2,1-2H3,(H,26,31)(H,32,33);3-7,11,14-15H,8-10H2,1-2H3,(H,19,22)(H,23,24);3-7,10,13-14H,8-9H2,1-2H3,(H2,17,23)(H,19,22)/t17-,18-,21?;;13-,14?/m0.0/s1. The number of nitrogens with one attached hydrogen (secondary N) is 3. The summed E-state index contributed by atoms with van der Waals surface area (Å²) in [6.07, 6.45) is 2.89. The number of aromatic nitrogens is 9. The molecule has 39 heteroatoms. The summed E-state index contributed by atoms with van der Waals surface area (Å²) in [4.78, 5) is 130. The zero-order valence-electron chi connectivity index (χ0n) is 52.2. The Kier molecular flexibility index (Phi) is 30.7. The molecule has 3 aromatic heterocycles. The van der Waals surface area contributed by atoms with Crippen LogP contribution in [0.4, 0.5) is 0 Å². The lowest BCUT2D eigenvalue weighted by Gasteiger charge is -2.21. The van der Waals surface area contributed by atoms with E-state index in [9.17, 15) is 83.1 Å². The van der Waals surface area contributed by atoms with Crippen molar-refractivity contribution in [3.63, 3.8) is 0 Å². The number of nitrogens with two attached hydrogens (primary N) is 2. The molecule has 95 heavy (non-hydrogen) atoms. The van der Waals surface area contributed by atoms with Gasteiger partial charge in [-0.05, 0) is 61.9 Å². The van der Waals surface area contributed by atoms with Crippen molar-refractivity contribution in [2.45, 2.75) is 108 Å². The van der Waals surface area contributed by atoms with Crippen LogP contribution in [0.2, 0.25) is 0 Å². The van der Waals surface area contributed by atoms with Crippen LogP contribution in [-0.2, 0) is 89.0 Å². The molecule has 0 aliphatic heterocycles. The minimum atomic E-state index is -3.88. The molecule has 7 atom stereocenters. The van der Waals surface area contributed by atoms with Gasteiger partial charge in [0, 0.05) is 59.3 Å². The molecule has 518 valence electrons. The van der Waals surface area contributed by atoms with Crippen LogP contribution in [-0.4, -0.2) is 184 Å². The number of carbonyl (C=O) groups is 8. The molecule has 6 rings (SSSR count). The molecule has 6 aromatic rings. The van der Waals surface area contributed by atoms with Crippen LogP contribution in [0.15, 0.2) is 139 Å². The molecular weight excluding hydrogens is 1370 g/mol. The molecule has 0 aliphatic carbocycles. The van der Waals surface area contributed by atoms with E-state index in [2.05, 4.69) is 31.2 Å². The largest absolute Gasteiger partial charge is 0.481 e. The van der Waals surface area contributed by atoms with Gasteiger partial charge in [-0.2, -0.15) is 29.3 Å². The number of sulfone groups is 3. The minimum absolute atomic E-state index is 0.0209. The lowest BCUT2D eigenvalue weighted by Crippen LogP contribution is -2.45. The van der Waals surface area contributed by atoms with Crippen LogP contribution < -0.4 is 44.5 Å². The maximum Gasteiger partial charge on any atom is 0.346 e. The summed E-state index contributed by atoms with van der Waals surface area (Å²) in [5, 5.41) is 34.5. The molecule has 0 fully saturated rings. The van der Waals surface area contributed by atoms with E-state index in [1.165, 1.54) is 106 Å². The van der Waals surface area contributed by atoms with Crippen LogP contribution in [0.3, 0.4) is 0 Å². The number of aryl methyl sites for hydroxylation is 3. The quantitative estimate of drug-likeness (QED) is 0.0262. The average molecular weight is 1440 g/mol. The van der Waals surface area contributed by atoms with E-state index in [1.807, 2.05) is 0 Å². The predicted octanol–water partition coefficient (Wildman–Crippen LogP) is -0.553. The topological polar surface area (TPSA) is 487 Å². The van der Waals surface area contributed by atoms with Gasteiger partial charge < -0.3 is 37.6 Å². The number of amides is 4. The SMILES string of the molecule is CC(=O)NC(CCSC(CS(=O)(=O)c1ccccc1)n1ncn(C)c1=O)C(=O)O.CC(=O)N[C@@H](CSC(CS(=O)(=O)c1ccccc1)n1ncn(C)c1=O)C(N)=O.CC(=O)[C@@H](N)CCC(=O)N[C@@H](CSC(CS(=O)(=O)c1ccccc1)n1ncn(C)c1=O)C(=O)CCC(=O)O. The second-order valence-electron chi connectivity index (χ2n) is 20.9.